The summed E-state index contributed by atoms with van der Waals surface area (Å²) in [5, 5.41) is 13.0. The van der Waals surface area contributed by atoms with Crippen molar-refractivity contribution in [2.75, 3.05) is 6.61 Å². The van der Waals surface area contributed by atoms with E-state index in [0.717, 1.165) is 37.8 Å². The van der Waals surface area contributed by atoms with E-state index in [2.05, 4.69) is 5.32 Å². The van der Waals surface area contributed by atoms with Crippen LogP contribution in [0.1, 0.15) is 56.7 Å². The molecule has 1 aromatic carbocycles. The van der Waals surface area contributed by atoms with Gasteiger partial charge in [-0.3, -0.25) is 0 Å². The van der Waals surface area contributed by atoms with Gasteiger partial charge in [-0.15, -0.1) is 0 Å². The number of alkyl halides is 3. The number of benzene rings is 1. The van der Waals surface area contributed by atoms with E-state index in [4.69, 9.17) is 21.1 Å². The van der Waals surface area contributed by atoms with Gasteiger partial charge in [-0.25, -0.2) is 4.79 Å². The first-order valence-electron chi connectivity index (χ1n) is 11.8. The van der Waals surface area contributed by atoms with Gasteiger partial charge in [0.05, 0.1) is 41.2 Å². The van der Waals surface area contributed by atoms with Crippen molar-refractivity contribution in [2.24, 2.45) is 0 Å². The van der Waals surface area contributed by atoms with Crippen LogP contribution in [-0.2, 0) is 17.5 Å². The van der Waals surface area contributed by atoms with E-state index < -0.39 is 35.6 Å². The molecule has 1 saturated carbocycles. The third kappa shape index (κ3) is 5.78. The fourth-order valence-electron chi connectivity index (χ4n) is 4.90. The molecule has 1 aliphatic heterocycles. The molecule has 0 bridgehead atoms. The highest BCUT2D eigenvalue weighted by Gasteiger charge is 2.34. The summed E-state index contributed by atoms with van der Waals surface area (Å²) in [4.78, 5) is 12.6. The number of carbonyl (C=O) groups excluding carboxylic acids is 1. The van der Waals surface area contributed by atoms with Crippen LogP contribution in [0.25, 0.3) is 11.3 Å². The molecular formula is C25H30ClF3N2O4. The molecule has 1 amide bonds. The van der Waals surface area contributed by atoms with Gasteiger partial charge in [0, 0.05) is 23.3 Å². The van der Waals surface area contributed by atoms with Crippen LogP contribution in [0.4, 0.5) is 18.0 Å². The molecule has 6 nitrogen and oxygen atoms in total. The van der Waals surface area contributed by atoms with Gasteiger partial charge in [-0.2, -0.15) is 13.2 Å². The van der Waals surface area contributed by atoms with Crippen LogP contribution >= 0.6 is 11.6 Å². The first-order chi connectivity index (χ1) is 16.5. The topological polar surface area (TPSA) is 72.7 Å². The summed E-state index contributed by atoms with van der Waals surface area (Å²) < 4.78 is 53.6. The van der Waals surface area contributed by atoms with E-state index in [9.17, 15) is 23.1 Å². The molecule has 4 rings (SSSR count). The van der Waals surface area contributed by atoms with Gasteiger partial charge < -0.3 is 24.5 Å². The van der Waals surface area contributed by atoms with Crippen LogP contribution in [0.15, 0.2) is 24.3 Å². The Morgan fingerprint density at radius 2 is 2.03 bits per heavy atom. The Hall–Kier alpha value is -2.23. The number of hydrogen-bond acceptors (Lipinski definition) is 4. The average molecular weight is 515 g/mol. The lowest BCUT2D eigenvalue weighted by molar-refractivity contribution is -0.137. The fourth-order valence-corrected chi connectivity index (χ4v) is 5.12. The summed E-state index contributed by atoms with van der Waals surface area (Å²) in [7, 11) is 0. The summed E-state index contributed by atoms with van der Waals surface area (Å²) in [6.45, 7) is 4.65. The van der Waals surface area contributed by atoms with Crippen molar-refractivity contribution in [3.8, 4) is 17.0 Å². The third-order valence-electron chi connectivity index (χ3n) is 6.92. The molecule has 35 heavy (non-hydrogen) atoms. The van der Waals surface area contributed by atoms with Crippen molar-refractivity contribution < 1.29 is 32.5 Å². The minimum absolute atomic E-state index is 0.149. The second kappa shape index (κ2) is 10.0. The van der Waals surface area contributed by atoms with Gasteiger partial charge in [0.15, 0.2) is 5.75 Å². The summed E-state index contributed by atoms with van der Waals surface area (Å²) >= 11 is 6.36. The Balaban J connectivity index is 1.69. The molecule has 1 saturated heterocycles. The van der Waals surface area contributed by atoms with E-state index in [1.165, 1.54) is 12.1 Å². The molecule has 2 fully saturated rings. The number of aliphatic hydroxyl groups is 1. The summed E-state index contributed by atoms with van der Waals surface area (Å²) in [5.41, 5.74) is -0.195. The van der Waals surface area contributed by atoms with Crippen LogP contribution in [0.2, 0.25) is 5.02 Å². The lowest BCUT2D eigenvalue weighted by Gasteiger charge is -2.28. The number of amides is 1. The molecule has 192 valence electrons. The SMILES string of the molecule is Cc1c(OC(=O)N[C@@H]2CCCC[C@H]2O)cc(-c2cc(C(F)(F)F)ccc2Cl)n1C[C@]1(C)CCCO1. The zero-order valence-electron chi connectivity index (χ0n) is 19.8. The van der Waals surface area contributed by atoms with Crippen molar-refractivity contribution in [3.05, 3.63) is 40.5 Å². The van der Waals surface area contributed by atoms with Crippen molar-refractivity contribution in [2.45, 2.75) is 82.8 Å². The number of aliphatic hydroxyl groups excluding tert-OH is 1. The Kier molecular flexibility index (Phi) is 7.41. The maximum absolute atomic E-state index is 13.4. The Morgan fingerprint density at radius 1 is 1.29 bits per heavy atom. The predicted molar refractivity (Wildman–Crippen MR) is 126 cm³/mol. The normalized spacial score (nSPS) is 25.0. The predicted octanol–water partition coefficient (Wildman–Crippen LogP) is 6.10. The molecule has 2 aliphatic rings. The average Bonchev–Trinajstić information content (AvgIpc) is 3.34. The van der Waals surface area contributed by atoms with E-state index in [-0.39, 0.29) is 16.3 Å². The zero-order chi connectivity index (χ0) is 25.4. The Morgan fingerprint density at radius 3 is 2.69 bits per heavy atom. The second-order valence-electron chi connectivity index (χ2n) is 9.65. The van der Waals surface area contributed by atoms with Crippen LogP contribution in [0.3, 0.4) is 0 Å². The minimum Gasteiger partial charge on any atom is -0.408 e. The number of hydrogen-bond donors (Lipinski definition) is 2. The van der Waals surface area contributed by atoms with Crippen LogP contribution in [0, 0.1) is 6.92 Å². The summed E-state index contributed by atoms with van der Waals surface area (Å²) in [6, 6.07) is 4.30. The quantitative estimate of drug-likeness (QED) is 0.506. The third-order valence-corrected chi connectivity index (χ3v) is 7.25. The summed E-state index contributed by atoms with van der Waals surface area (Å²) in [5.74, 6) is 0.206. The number of rotatable bonds is 5. The van der Waals surface area contributed by atoms with Gasteiger partial charge >= 0.3 is 12.3 Å². The number of nitrogens with one attached hydrogen (secondary N) is 1. The van der Waals surface area contributed by atoms with Crippen molar-refractivity contribution in [1.82, 2.24) is 9.88 Å². The number of nitrogens with zero attached hydrogens (tertiary/aromatic N) is 1. The van der Waals surface area contributed by atoms with Gasteiger partial charge in [0.2, 0.25) is 0 Å². The van der Waals surface area contributed by atoms with E-state index in [1.54, 1.807) is 11.5 Å². The number of halogens is 4. The number of carbonyl (C=O) groups is 1. The number of ether oxygens (including phenoxy) is 2. The van der Waals surface area contributed by atoms with Crippen molar-refractivity contribution >= 4 is 17.7 Å². The highest BCUT2D eigenvalue weighted by molar-refractivity contribution is 6.33. The van der Waals surface area contributed by atoms with Gasteiger partial charge in [0.1, 0.15) is 0 Å². The van der Waals surface area contributed by atoms with E-state index in [0.29, 0.717) is 37.4 Å². The Labute approximate surface area is 207 Å². The van der Waals surface area contributed by atoms with Gasteiger partial charge in [-0.05, 0) is 57.7 Å². The van der Waals surface area contributed by atoms with Crippen molar-refractivity contribution in [3.63, 3.8) is 0 Å². The summed E-state index contributed by atoms with van der Waals surface area (Å²) in [6.07, 6.45) is -1.17. The molecule has 0 radical (unpaired) electrons. The molecule has 0 spiro atoms. The van der Waals surface area contributed by atoms with Crippen LogP contribution in [-0.4, -0.2) is 40.1 Å². The minimum atomic E-state index is -4.54. The highest BCUT2D eigenvalue weighted by atomic mass is 35.5. The van der Waals surface area contributed by atoms with E-state index in [1.807, 2.05) is 6.92 Å². The lowest BCUT2D eigenvalue weighted by atomic mass is 9.93. The molecule has 10 heteroatoms. The highest BCUT2D eigenvalue weighted by Crippen LogP contribution is 2.40. The maximum Gasteiger partial charge on any atom is 0.416 e. The van der Waals surface area contributed by atoms with E-state index >= 15 is 0 Å². The lowest BCUT2D eigenvalue weighted by Crippen LogP contribution is -2.46. The molecule has 2 heterocycles. The van der Waals surface area contributed by atoms with Gasteiger partial charge in [-0.1, -0.05) is 24.4 Å². The van der Waals surface area contributed by atoms with Crippen molar-refractivity contribution in [1.29, 1.82) is 0 Å². The molecule has 3 atom stereocenters. The molecule has 1 aromatic heterocycles. The smallest absolute Gasteiger partial charge is 0.408 e. The first-order valence-corrected chi connectivity index (χ1v) is 12.2. The zero-order valence-corrected chi connectivity index (χ0v) is 20.5. The second-order valence-corrected chi connectivity index (χ2v) is 10.1. The molecule has 2 aromatic rings. The monoisotopic (exact) mass is 514 g/mol. The maximum atomic E-state index is 13.4. The molecule has 0 unspecified atom stereocenters. The van der Waals surface area contributed by atoms with Crippen LogP contribution in [0.5, 0.6) is 5.75 Å². The largest absolute Gasteiger partial charge is 0.416 e. The fraction of sp³-hybridized carbons (Fsp3) is 0.560. The molecule has 1 aliphatic carbocycles. The van der Waals surface area contributed by atoms with Crippen LogP contribution < -0.4 is 10.1 Å². The standard InChI is InChI=1S/C25H30ClF3N2O4/c1-15-22(35-23(33)30-19-6-3-4-7-21(19)32)13-20(31(15)14-24(2)10-5-11-34-24)17-12-16(25(27,28)29)8-9-18(17)26/h8-9,12-13,19,21,32H,3-7,10-11,14H2,1-2H3,(H,30,33)/t19-,21-,24+/m1/s1. The molecular weight excluding hydrogens is 485 g/mol. The number of aromatic nitrogens is 1. The van der Waals surface area contributed by atoms with Gasteiger partial charge in [0.25, 0.3) is 0 Å². The molecule has 2 N–H and O–H groups in total. The Bertz CT molecular complexity index is 1080. The first kappa shape index (κ1) is 25.9.